The molecule has 0 N–H and O–H groups in total. The van der Waals surface area contributed by atoms with Crippen LogP contribution in [0.4, 0.5) is 0 Å². The van der Waals surface area contributed by atoms with Gasteiger partial charge in [0, 0.05) is 19.3 Å². The number of hydrogen-bond acceptors (Lipinski definition) is 4. The predicted molar refractivity (Wildman–Crippen MR) is 77.8 cm³/mol. The van der Waals surface area contributed by atoms with Gasteiger partial charge in [-0.15, -0.1) is 0 Å². The van der Waals surface area contributed by atoms with Crippen molar-refractivity contribution in [3.05, 3.63) is 24.0 Å². The second-order valence-electron chi connectivity index (χ2n) is 5.95. The number of hydrogen-bond donors (Lipinski definition) is 0. The van der Waals surface area contributed by atoms with Crippen LogP contribution in [0, 0.1) is 23.2 Å². The molecule has 0 radical (unpaired) electrons. The second-order valence-corrected chi connectivity index (χ2v) is 7.89. The van der Waals surface area contributed by atoms with Crippen molar-refractivity contribution in [2.45, 2.75) is 37.0 Å². The van der Waals surface area contributed by atoms with Gasteiger partial charge in [0.1, 0.15) is 16.7 Å². The van der Waals surface area contributed by atoms with Gasteiger partial charge in [0.2, 0.25) is 10.0 Å². The fourth-order valence-electron chi connectivity index (χ4n) is 3.53. The zero-order valence-electron chi connectivity index (χ0n) is 11.9. The number of pyridine rings is 1. The number of fused-ring (bicyclic) bond motifs is 1. The highest BCUT2D eigenvalue weighted by Gasteiger charge is 2.36. The number of nitriles is 1. The number of nitrogens with zero attached hydrogens (tertiary/aromatic N) is 3. The van der Waals surface area contributed by atoms with Crippen LogP contribution in [0.3, 0.4) is 0 Å². The van der Waals surface area contributed by atoms with Crippen LogP contribution in [0.2, 0.25) is 0 Å². The highest BCUT2D eigenvalue weighted by atomic mass is 32.2. The molecular weight excluding hydrogens is 286 g/mol. The molecule has 2 aliphatic rings. The van der Waals surface area contributed by atoms with E-state index in [2.05, 4.69) is 4.98 Å². The summed E-state index contributed by atoms with van der Waals surface area (Å²) in [7, 11) is -3.48. The van der Waals surface area contributed by atoms with E-state index >= 15 is 0 Å². The number of sulfonamides is 1. The molecule has 3 rings (SSSR count). The van der Waals surface area contributed by atoms with Crippen molar-refractivity contribution >= 4 is 10.0 Å². The van der Waals surface area contributed by atoms with Crippen molar-refractivity contribution in [3.8, 4) is 6.07 Å². The summed E-state index contributed by atoms with van der Waals surface area (Å²) in [5, 5.41) is 8.74. The minimum absolute atomic E-state index is 0.191. The summed E-state index contributed by atoms with van der Waals surface area (Å²) in [6, 6.07) is 4.84. The van der Waals surface area contributed by atoms with E-state index in [1.807, 2.05) is 6.07 Å². The van der Waals surface area contributed by atoms with E-state index in [1.165, 1.54) is 37.6 Å². The zero-order valence-corrected chi connectivity index (χ0v) is 12.7. The third kappa shape index (κ3) is 2.81. The third-order valence-corrected chi connectivity index (χ3v) is 6.59. The van der Waals surface area contributed by atoms with Gasteiger partial charge in [0.25, 0.3) is 0 Å². The molecule has 2 unspecified atom stereocenters. The van der Waals surface area contributed by atoms with Crippen LogP contribution in [-0.2, 0) is 10.0 Å². The van der Waals surface area contributed by atoms with Gasteiger partial charge in [0.05, 0.1) is 0 Å². The summed E-state index contributed by atoms with van der Waals surface area (Å²) in [5.74, 6) is 1.21. The molecular formula is C15H19N3O2S. The Morgan fingerprint density at radius 3 is 2.62 bits per heavy atom. The van der Waals surface area contributed by atoms with Crippen molar-refractivity contribution in [3.63, 3.8) is 0 Å². The Morgan fingerprint density at radius 1 is 1.19 bits per heavy atom. The molecule has 1 aromatic heterocycles. The fourth-order valence-corrected chi connectivity index (χ4v) is 4.99. The maximum absolute atomic E-state index is 12.7. The smallest absolute Gasteiger partial charge is 0.244 e. The molecule has 2 atom stereocenters. The number of aromatic nitrogens is 1. The monoisotopic (exact) mass is 305 g/mol. The molecule has 1 aromatic rings. The molecule has 0 spiro atoms. The lowest BCUT2D eigenvalue weighted by Crippen LogP contribution is -2.44. The quantitative estimate of drug-likeness (QED) is 0.839. The normalized spacial score (nSPS) is 26.8. The van der Waals surface area contributed by atoms with E-state index in [-0.39, 0.29) is 10.6 Å². The summed E-state index contributed by atoms with van der Waals surface area (Å²) in [6.45, 7) is 1.23. The highest BCUT2D eigenvalue weighted by Crippen LogP contribution is 2.37. The molecule has 1 saturated carbocycles. The van der Waals surface area contributed by atoms with Crippen molar-refractivity contribution in [2.24, 2.45) is 11.8 Å². The first-order valence-electron chi connectivity index (χ1n) is 7.47. The van der Waals surface area contributed by atoms with E-state index in [1.54, 1.807) is 4.31 Å². The average molecular weight is 305 g/mol. The van der Waals surface area contributed by atoms with Crippen LogP contribution >= 0.6 is 0 Å². The molecule has 1 aliphatic heterocycles. The van der Waals surface area contributed by atoms with Gasteiger partial charge in [-0.25, -0.2) is 13.4 Å². The Kier molecular flexibility index (Phi) is 3.96. The topological polar surface area (TPSA) is 74.1 Å². The van der Waals surface area contributed by atoms with Gasteiger partial charge in [-0.05, 0) is 36.8 Å². The van der Waals surface area contributed by atoms with Gasteiger partial charge >= 0.3 is 0 Å². The molecule has 2 heterocycles. The SMILES string of the molecule is N#Cc1ccc(S(=O)(=O)N2CCC3CCCCC3C2)cn1. The number of rotatable bonds is 2. The molecule has 21 heavy (non-hydrogen) atoms. The minimum Gasteiger partial charge on any atom is -0.244 e. The first kappa shape index (κ1) is 14.5. The predicted octanol–water partition coefficient (Wildman–Crippen LogP) is 2.15. The van der Waals surface area contributed by atoms with E-state index in [0.29, 0.717) is 24.9 Å². The van der Waals surface area contributed by atoms with Crippen LogP contribution in [-0.4, -0.2) is 30.8 Å². The van der Waals surface area contributed by atoms with E-state index in [4.69, 9.17) is 5.26 Å². The standard InChI is InChI=1S/C15H19N3O2S/c16-9-14-5-6-15(10-17-14)21(19,20)18-8-7-12-3-1-2-4-13(12)11-18/h5-6,10,12-13H,1-4,7-8,11H2. The van der Waals surface area contributed by atoms with Crippen molar-refractivity contribution in [1.82, 2.24) is 9.29 Å². The Labute approximate surface area is 125 Å². The summed E-state index contributed by atoms with van der Waals surface area (Å²) in [5.41, 5.74) is 0.236. The van der Waals surface area contributed by atoms with Crippen molar-refractivity contribution < 1.29 is 8.42 Å². The highest BCUT2D eigenvalue weighted by molar-refractivity contribution is 7.89. The van der Waals surface area contributed by atoms with E-state index in [9.17, 15) is 8.42 Å². The largest absolute Gasteiger partial charge is 0.244 e. The molecule has 5 nitrogen and oxygen atoms in total. The van der Waals surface area contributed by atoms with Crippen LogP contribution in [0.25, 0.3) is 0 Å². The summed E-state index contributed by atoms with van der Waals surface area (Å²) >= 11 is 0. The lowest BCUT2D eigenvalue weighted by Gasteiger charge is -2.40. The lowest BCUT2D eigenvalue weighted by molar-refractivity contribution is 0.136. The van der Waals surface area contributed by atoms with Crippen molar-refractivity contribution in [2.75, 3.05) is 13.1 Å². The first-order valence-corrected chi connectivity index (χ1v) is 8.91. The van der Waals surface area contributed by atoms with Gasteiger partial charge in [-0.1, -0.05) is 19.3 Å². The van der Waals surface area contributed by atoms with Gasteiger partial charge in [-0.3, -0.25) is 0 Å². The Hall–Kier alpha value is -1.45. The molecule has 0 bridgehead atoms. The second kappa shape index (κ2) is 5.74. The minimum atomic E-state index is -3.48. The fraction of sp³-hybridized carbons (Fsp3) is 0.600. The Morgan fingerprint density at radius 2 is 1.95 bits per heavy atom. The number of piperidine rings is 1. The molecule has 0 amide bonds. The van der Waals surface area contributed by atoms with E-state index < -0.39 is 10.0 Å². The van der Waals surface area contributed by atoms with Gasteiger partial charge < -0.3 is 0 Å². The van der Waals surface area contributed by atoms with Crippen LogP contribution in [0.5, 0.6) is 0 Å². The molecule has 112 valence electrons. The maximum atomic E-state index is 12.7. The maximum Gasteiger partial charge on any atom is 0.244 e. The van der Waals surface area contributed by atoms with Crippen LogP contribution in [0.1, 0.15) is 37.8 Å². The summed E-state index contributed by atoms with van der Waals surface area (Å²) in [6.07, 6.45) is 7.15. The van der Waals surface area contributed by atoms with Gasteiger partial charge in [-0.2, -0.15) is 9.57 Å². The first-order chi connectivity index (χ1) is 10.1. The van der Waals surface area contributed by atoms with Gasteiger partial charge in [0.15, 0.2) is 0 Å². The molecule has 0 aromatic carbocycles. The molecule has 2 fully saturated rings. The van der Waals surface area contributed by atoms with E-state index in [0.717, 1.165) is 12.8 Å². The van der Waals surface area contributed by atoms with Crippen molar-refractivity contribution in [1.29, 1.82) is 5.26 Å². The Balaban J connectivity index is 1.79. The molecule has 1 aliphatic carbocycles. The molecule has 6 heteroatoms. The summed E-state index contributed by atoms with van der Waals surface area (Å²) in [4.78, 5) is 4.06. The zero-order chi connectivity index (χ0) is 14.9. The average Bonchev–Trinajstić information content (AvgIpc) is 2.54. The Bertz CT molecular complexity index is 648. The third-order valence-electron chi connectivity index (χ3n) is 4.74. The summed E-state index contributed by atoms with van der Waals surface area (Å²) < 4.78 is 26.9. The lowest BCUT2D eigenvalue weighted by atomic mass is 9.76. The van der Waals surface area contributed by atoms with Crippen LogP contribution < -0.4 is 0 Å². The van der Waals surface area contributed by atoms with Crippen LogP contribution in [0.15, 0.2) is 23.2 Å². The molecule has 1 saturated heterocycles.